The van der Waals surface area contributed by atoms with E-state index in [1.165, 1.54) is 0 Å². The first-order chi connectivity index (χ1) is 16.0. The standard InChI is InChI=1S/C18H32O16/c19-1-4-7(21)10(24)12(26)17(32-4)30-3-6-8(22)11(25)13(27)18(33-6)34-15-9(23)5(2-20)31-16(29)14(15)28/h4-29H,1-3H2/t4-,5-,6-,7-,8-,9-,10+,11+,12-,13-,14-,15+,16?,17-,18-/m1/s1. The lowest BCUT2D eigenvalue weighted by Gasteiger charge is -2.45. The fourth-order valence-corrected chi connectivity index (χ4v) is 3.94. The zero-order chi connectivity index (χ0) is 25.3. The Morgan fingerprint density at radius 1 is 0.500 bits per heavy atom. The van der Waals surface area contributed by atoms with Crippen LogP contribution in [0.5, 0.6) is 0 Å². The third kappa shape index (κ3) is 5.52. The highest BCUT2D eigenvalue weighted by Gasteiger charge is 2.51. The summed E-state index contributed by atoms with van der Waals surface area (Å²) in [6.07, 6.45) is -25.0. The van der Waals surface area contributed by atoms with E-state index < -0.39 is 112 Å². The van der Waals surface area contributed by atoms with Crippen LogP contribution in [-0.2, 0) is 23.7 Å². The molecule has 3 fully saturated rings. The van der Waals surface area contributed by atoms with Gasteiger partial charge in [-0.15, -0.1) is 0 Å². The molecule has 11 N–H and O–H groups in total. The molecule has 0 aliphatic carbocycles. The Morgan fingerprint density at radius 3 is 1.59 bits per heavy atom. The van der Waals surface area contributed by atoms with Crippen molar-refractivity contribution in [2.45, 2.75) is 92.1 Å². The molecule has 34 heavy (non-hydrogen) atoms. The first kappa shape index (κ1) is 27.9. The van der Waals surface area contributed by atoms with Gasteiger partial charge in [-0.1, -0.05) is 0 Å². The Bertz CT molecular complexity index is 639. The minimum atomic E-state index is -1.88. The van der Waals surface area contributed by atoms with E-state index in [0.29, 0.717) is 0 Å². The molecule has 15 atom stereocenters. The van der Waals surface area contributed by atoms with Gasteiger partial charge in [0.05, 0.1) is 19.8 Å². The quantitative estimate of drug-likeness (QED) is 0.154. The Morgan fingerprint density at radius 2 is 1.00 bits per heavy atom. The fourth-order valence-electron chi connectivity index (χ4n) is 3.94. The number of rotatable bonds is 7. The average molecular weight is 504 g/mol. The summed E-state index contributed by atoms with van der Waals surface area (Å²) in [5.41, 5.74) is 0. The zero-order valence-corrected chi connectivity index (χ0v) is 17.7. The lowest BCUT2D eigenvalue weighted by atomic mass is 9.97. The molecule has 3 saturated heterocycles. The molecule has 0 aromatic heterocycles. The van der Waals surface area contributed by atoms with E-state index in [1.807, 2.05) is 0 Å². The molecule has 0 radical (unpaired) electrons. The maximum atomic E-state index is 10.3. The van der Waals surface area contributed by atoms with Gasteiger partial charge in [0, 0.05) is 0 Å². The minimum absolute atomic E-state index is 0.617. The summed E-state index contributed by atoms with van der Waals surface area (Å²) in [4.78, 5) is 0. The summed E-state index contributed by atoms with van der Waals surface area (Å²) < 4.78 is 26.1. The molecule has 3 heterocycles. The first-order valence-corrected chi connectivity index (χ1v) is 10.6. The van der Waals surface area contributed by atoms with Crippen LogP contribution < -0.4 is 0 Å². The van der Waals surface area contributed by atoms with Crippen LogP contribution in [0.1, 0.15) is 0 Å². The largest absolute Gasteiger partial charge is 0.394 e. The van der Waals surface area contributed by atoms with Crippen molar-refractivity contribution in [2.75, 3.05) is 19.8 Å². The van der Waals surface area contributed by atoms with Crippen molar-refractivity contribution in [2.24, 2.45) is 0 Å². The number of aliphatic hydroxyl groups excluding tert-OH is 11. The highest BCUT2D eigenvalue weighted by atomic mass is 16.7. The summed E-state index contributed by atoms with van der Waals surface area (Å²) in [7, 11) is 0. The molecule has 1 unspecified atom stereocenters. The zero-order valence-electron chi connectivity index (χ0n) is 17.7. The number of hydrogen-bond acceptors (Lipinski definition) is 16. The van der Waals surface area contributed by atoms with Crippen LogP contribution in [0.2, 0.25) is 0 Å². The normalized spacial score (nSPS) is 52.5. The monoisotopic (exact) mass is 504 g/mol. The highest BCUT2D eigenvalue weighted by Crippen LogP contribution is 2.29. The molecule has 0 saturated carbocycles. The summed E-state index contributed by atoms with van der Waals surface area (Å²) in [5.74, 6) is 0. The van der Waals surface area contributed by atoms with Crippen LogP contribution in [0.15, 0.2) is 0 Å². The Kier molecular flexibility index (Phi) is 9.54. The Balaban J connectivity index is 1.66. The van der Waals surface area contributed by atoms with E-state index in [4.69, 9.17) is 23.7 Å². The SMILES string of the molecule is OC[C@H]1O[C@@H](OC[C@H]2O[C@H](O[C@H]3[C@H](O)[C@@H](CO)OC(O)[C@@H]3O)[C@H](O)[C@@H](O)[C@@H]2O)[C@H](O)[C@@H](O)[C@@H]1O. The van der Waals surface area contributed by atoms with Crippen LogP contribution >= 0.6 is 0 Å². The number of hydrogen-bond donors (Lipinski definition) is 11. The maximum Gasteiger partial charge on any atom is 0.187 e. The van der Waals surface area contributed by atoms with Gasteiger partial charge in [-0.2, -0.15) is 0 Å². The molecule has 0 aromatic carbocycles. The Hall–Kier alpha value is -0.640. The second-order valence-corrected chi connectivity index (χ2v) is 8.37. The van der Waals surface area contributed by atoms with Crippen LogP contribution in [0.4, 0.5) is 0 Å². The van der Waals surface area contributed by atoms with Crippen LogP contribution in [0, 0.1) is 0 Å². The minimum Gasteiger partial charge on any atom is -0.394 e. The van der Waals surface area contributed by atoms with E-state index in [-0.39, 0.29) is 0 Å². The van der Waals surface area contributed by atoms with Gasteiger partial charge in [-0.25, -0.2) is 0 Å². The average Bonchev–Trinajstić information content (AvgIpc) is 2.82. The van der Waals surface area contributed by atoms with Gasteiger partial charge >= 0.3 is 0 Å². The van der Waals surface area contributed by atoms with E-state index in [2.05, 4.69) is 0 Å². The van der Waals surface area contributed by atoms with Crippen molar-refractivity contribution >= 4 is 0 Å². The molecule has 3 aliphatic heterocycles. The molecule has 0 aromatic rings. The van der Waals surface area contributed by atoms with Crippen molar-refractivity contribution in [1.29, 1.82) is 0 Å². The van der Waals surface area contributed by atoms with E-state index >= 15 is 0 Å². The van der Waals surface area contributed by atoms with Crippen molar-refractivity contribution < 1.29 is 79.9 Å². The summed E-state index contributed by atoms with van der Waals surface area (Å²) in [6.45, 7) is -2.06. The molecule has 200 valence electrons. The molecule has 16 nitrogen and oxygen atoms in total. The Labute approximate surface area is 192 Å². The summed E-state index contributed by atoms with van der Waals surface area (Å²) in [6, 6.07) is 0. The van der Waals surface area contributed by atoms with Gasteiger partial charge in [0.1, 0.15) is 73.2 Å². The van der Waals surface area contributed by atoms with Gasteiger partial charge in [-0.05, 0) is 0 Å². The lowest BCUT2D eigenvalue weighted by Crippen LogP contribution is -2.65. The van der Waals surface area contributed by atoms with Crippen LogP contribution in [0.3, 0.4) is 0 Å². The van der Waals surface area contributed by atoms with E-state index in [1.54, 1.807) is 0 Å². The van der Waals surface area contributed by atoms with Crippen LogP contribution in [0.25, 0.3) is 0 Å². The third-order valence-electron chi connectivity index (χ3n) is 6.07. The second-order valence-electron chi connectivity index (χ2n) is 8.37. The molecule has 0 spiro atoms. The maximum absolute atomic E-state index is 10.3. The predicted molar refractivity (Wildman–Crippen MR) is 101 cm³/mol. The van der Waals surface area contributed by atoms with Gasteiger partial charge in [0.15, 0.2) is 18.9 Å². The molecule has 0 bridgehead atoms. The third-order valence-corrected chi connectivity index (χ3v) is 6.07. The number of ether oxygens (including phenoxy) is 5. The van der Waals surface area contributed by atoms with Crippen molar-refractivity contribution in [3.05, 3.63) is 0 Å². The van der Waals surface area contributed by atoms with Crippen LogP contribution in [-0.4, -0.2) is 168 Å². The van der Waals surface area contributed by atoms with Gasteiger partial charge < -0.3 is 79.9 Å². The summed E-state index contributed by atoms with van der Waals surface area (Å²) in [5, 5.41) is 109. The van der Waals surface area contributed by atoms with Crippen molar-refractivity contribution in [3.63, 3.8) is 0 Å². The molecular weight excluding hydrogens is 472 g/mol. The summed E-state index contributed by atoms with van der Waals surface area (Å²) >= 11 is 0. The smallest absolute Gasteiger partial charge is 0.187 e. The van der Waals surface area contributed by atoms with Gasteiger partial charge in [0.25, 0.3) is 0 Å². The van der Waals surface area contributed by atoms with E-state index in [0.717, 1.165) is 0 Å². The second kappa shape index (κ2) is 11.6. The topological polar surface area (TPSA) is 269 Å². The first-order valence-electron chi connectivity index (χ1n) is 10.6. The molecule has 0 amide bonds. The van der Waals surface area contributed by atoms with Crippen molar-refractivity contribution in [1.82, 2.24) is 0 Å². The molecule has 3 rings (SSSR count). The van der Waals surface area contributed by atoms with E-state index in [9.17, 15) is 56.2 Å². The lowest BCUT2D eigenvalue weighted by molar-refractivity contribution is -0.362. The van der Waals surface area contributed by atoms with Gasteiger partial charge in [0.2, 0.25) is 0 Å². The predicted octanol–water partition coefficient (Wildman–Crippen LogP) is -7.57. The highest BCUT2D eigenvalue weighted by molar-refractivity contribution is 4.94. The fraction of sp³-hybridized carbons (Fsp3) is 1.00. The van der Waals surface area contributed by atoms with Crippen molar-refractivity contribution in [3.8, 4) is 0 Å². The molecule has 3 aliphatic rings. The molecule has 16 heteroatoms. The number of aliphatic hydroxyl groups is 11. The van der Waals surface area contributed by atoms with Gasteiger partial charge in [-0.3, -0.25) is 0 Å². The molecular formula is C18H32O16.